The highest BCUT2D eigenvalue weighted by Gasteiger charge is 2.33. The van der Waals surface area contributed by atoms with Crippen molar-refractivity contribution in [2.75, 3.05) is 39.9 Å². The van der Waals surface area contributed by atoms with Crippen LogP contribution < -0.4 is 0 Å². The molecular weight excluding hydrogens is 418 g/mol. The minimum atomic E-state index is -0.450. The van der Waals surface area contributed by atoms with Crippen molar-refractivity contribution in [3.05, 3.63) is 46.2 Å². The Hall–Kier alpha value is -2.82. The van der Waals surface area contributed by atoms with Crippen molar-refractivity contribution in [1.82, 2.24) is 24.6 Å². The highest BCUT2D eigenvalue weighted by molar-refractivity contribution is 7.20. The van der Waals surface area contributed by atoms with Gasteiger partial charge >= 0.3 is 0 Å². The molecule has 3 aromatic heterocycles. The number of carbonyl (C=O) groups is 2. The van der Waals surface area contributed by atoms with Gasteiger partial charge in [0.1, 0.15) is 15.8 Å². The zero-order valence-electron chi connectivity index (χ0n) is 17.7. The van der Waals surface area contributed by atoms with Gasteiger partial charge in [0.25, 0.3) is 11.8 Å². The predicted molar refractivity (Wildman–Crippen MR) is 116 cm³/mol. The van der Waals surface area contributed by atoms with Gasteiger partial charge in [0.15, 0.2) is 0 Å². The number of hydrogen-bond acceptors (Lipinski definition) is 7. The summed E-state index contributed by atoms with van der Waals surface area (Å²) >= 11 is 1.31. The minimum absolute atomic E-state index is 0.0955. The van der Waals surface area contributed by atoms with E-state index in [1.165, 1.54) is 16.2 Å². The molecule has 0 saturated carbocycles. The summed E-state index contributed by atoms with van der Waals surface area (Å²) in [6, 6.07) is 3.75. The molecule has 1 aliphatic heterocycles. The van der Waals surface area contributed by atoms with Gasteiger partial charge in [-0.1, -0.05) is 6.07 Å². The van der Waals surface area contributed by atoms with Gasteiger partial charge in [-0.2, -0.15) is 5.10 Å². The van der Waals surface area contributed by atoms with Crippen LogP contribution >= 0.6 is 11.3 Å². The maximum absolute atomic E-state index is 13.1. The predicted octanol–water partition coefficient (Wildman–Crippen LogP) is 1.62. The lowest BCUT2D eigenvalue weighted by Crippen LogP contribution is -2.42. The molecule has 0 unspecified atom stereocenters. The molecule has 0 spiro atoms. The summed E-state index contributed by atoms with van der Waals surface area (Å²) in [5.74, 6) is -0.288. The number of rotatable bonds is 5. The third-order valence-electron chi connectivity index (χ3n) is 5.62. The van der Waals surface area contributed by atoms with E-state index in [0.29, 0.717) is 30.1 Å². The molecule has 4 heterocycles. The van der Waals surface area contributed by atoms with Gasteiger partial charge in [-0.05, 0) is 13.0 Å². The molecule has 4 rings (SSSR count). The number of aromatic nitrogens is 3. The Labute approximate surface area is 183 Å². The summed E-state index contributed by atoms with van der Waals surface area (Å²) in [5.41, 5.74) is 2.13. The van der Waals surface area contributed by atoms with E-state index in [0.717, 1.165) is 21.5 Å². The zero-order valence-corrected chi connectivity index (χ0v) is 18.6. The minimum Gasteiger partial charge on any atom is -0.395 e. The van der Waals surface area contributed by atoms with E-state index >= 15 is 0 Å². The fourth-order valence-corrected chi connectivity index (χ4v) is 4.93. The first-order valence-corrected chi connectivity index (χ1v) is 10.9. The lowest BCUT2D eigenvalue weighted by atomic mass is 10.0. The third-order valence-corrected chi connectivity index (χ3v) is 6.74. The van der Waals surface area contributed by atoms with Crippen LogP contribution in [-0.4, -0.2) is 81.4 Å². The quantitative estimate of drug-likeness (QED) is 0.643. The van der Waals surface area contributed by atoms with E-state index in [1.807, 2.05) is 19.1 Å². The standard InChI is InChI=1S/C21H25N5O4S/c1-13-15(11-23-25(13)3)20(28)26-8-10-30-16(12-26)17-14-5-4-6-22-19(14)31-18(17)21(29)24(2)7-9-27/h4-6,11,16,27H,7-10,12H2,1-3H3/t16-/m0/s1. The number of thiophene rings is 1. The van der Waals surface area contributed by atoms with Gasteiger partial charge in [0.05, 0.1) is 31.5 Å². The first kappa shape index (κ1) is 21.4. The first-order valence-electron chi connectivity index (χ1n) is 10.1. The Morgan fingerprint density at radius 2 is 2.23 bits per heavy atom. The van der Waals surface area contributed by atoms with Gasteiger partial charge in [-0.3, -0.25) is 14.3 Å². The lowest BCUT2D eigenvalue weighted by Gasteiger charge is -2.33. The lowest BCUT2D eigenvalue weighted by molar-refractivity contribution is -0.0223. The van der Waals surface area contributed by atoms with Crippen LogP contribution in [0.2, 0.25) is 0 Å². The Kier molecular flexibility index (Phi) is 6.03. The van der Waals surface area contributed by atoms with Crippen LogP contribution in [-0.2, 0) is 11.8 Å². The largest absolute Gasteiger partial charge is 0.395 e. The van der Waals surface area contributed by atoms with E-state index in [9.17, 15) is 14.7 Å². The highest BCUT2D eigenvalue weighted by Crippen LogP contribution is 2.38. The number of pyridine rings is 1. The molecule has 1 fully saturated rings. The summed E-state index contributed by atoms with van der Waals surface area (Å²) in [7, 11) is 3.46. The number of fused-ring (bicyclic) bond motifs is 1. The second kappa shape index (κ2) is 8.74. The van der Waals surface area contributed by atoms with Crippen molar-refractivity contribution < 1.29 is 19.4 Å². The Morgan fingerprint density at radius 3 is 2.94 bits per heavy atom. The van der Waals surface area contributed by atoms with Crippen molar-refractivity contribution in [2.24, 2.45) is 7.05 Å². The maximum atomic E-state index is 13.1. The molecule has 0 aliphatic carbocycles. The number of carbonyl (C=O) groups excluding carboxylic acids is 2. The molecule has 0 radical (unpaired) electrons. The molecular formula is C21H25N5O4S. The molecule has 2 amide bonds. The fraction of sp³-hybridized carbons (Fsp3) is 0.429. The van der Waals surface area contributed by atoms with Crippen LogP contribution in [0.15, 0.2) is 24.5 Å². The van der Waals surface area contributed by atoms with E-state index in [-0.39, 0.29) is 25.0 Å². The van der Waals surface area contributed by atoms with Crippen molar-refractivity contribution in [1.29, 1.82) is 0 Å². The Morgan fingerprint density at radius 1 is 1.42 bits per heavy atom. The van der Waals surface area contributed by atoms with Gasteiger partial charge in [0.2, 0.25) is 0 Å². The SMILES string of the molecule is Cc1c(C(=O)N2CCO[C@H](c3c(C(=O)N(C)CCO)sc4ncccc34)C2)cnn1C. The number of aliphatic hydroxyl groups is 1. The van der Waals surface area contributed by atoms with Crippen molar-refractivity contribution in [3.63, 3.8) is 0 Å². The number of ether oxygens (including phenoxy) is 1. The second-order valence-corrected chi connectivity index (χ2v) is 8.53. The van der Waals surface area contributed by atoms with Crippen LogP contribution in [0, 0.1) is 6.92 Å². The molecule has 31 heavy (non-hydrogen) atoms. The Bertz CT molecular complexity index is 1120. The zero-order chi connectivity index (χ0) is 22.1. The van der Waals surface area contributed by atoms with Crippen LogP contribution in [0.25, 0.3) is 10.2 Å². The molecule has 0 aromatic carbocycles. The second-order valence-electron chi connectivity index (χ2n) is 7.53. The monoisotopic (exact) mass is 443 g/mol. The summed E-state index contributed by atoms with van der Waals surface area (Å²) in [5, 5.41) is 14.3. The van der Waals surface area contributed by atoms with Crippen LogP contribution in [0.4, 0.5) is 0 Å². The normalized spacial score (nSPS) is 16.6. The smallest absolute Gasteiger partial charge is 0.264 e. The number of nitrogens with zero attached hydrogens (tertiary/aromatic N) is 5. The number of hydrogen-bond donors (Lipinski definition) is 1. The molecule has 1 atom stereocenters. The molecule has 164 valence electrons. The molecule has 9 nitrogen and oxygen atoms in total. The summed E-state index contributed by atoms with van der Waals surface area (Å²) in [6.45, 7) is 3.15. The highest BCUT2D eigenvalue weighted by atomic mass is 32.1. The third kappa shape index (κ3) is 3.93. The topological polar surface area (TPSA) is 101 Å². The van der Waals surface area contributed by atoms with E-state index < -0.39 is 6.10 Å². The number of likely N-dealkylation sites (N-methyl/N-ethyl adjacent to an activating group) is 1. The van der Waals surface area contributed by atoms with Crippen molar-refractivity contribution >= 4 is 33.4 Å². The number of amides is 2. The van der Waals surface area contributed by atoms with Gasteiger partial charge in [-0.15, -0.1) is 11.3 Å². The van der Waals surface area contributed by atoms with Crippen LogP contribution in [0.1, 0.15) is 37.4 Å². The first-order chi connectivity index (χ1) is 14.9. The Balaban J connectivity index is 1.69. The maximum Gasteiger partial charge on any atom is 0.264 e. The van der Waals surface area contributed by atoms with E-state index in [1.54, 1.807) is 36.1 Å². The molecule has 0 bridgehead atoms. The van der Waals surface area contributed by atoms with Crippen molar-refractivity contribution in [3.8, 4) is 0 Å². The van der Waals surface area contributed by atoms with E-state index in [2.05, 4.69) is 10.1 Å². The molecule has 1 N–H and O–H groups in total. The summed E-state index contributed by atoms with van der Waals surface area (Å²) in [4.78, 5) is 35.2. The van der Waals surface area contributed by atoms with E-state index in [4.69, 9.17) is 4.74 Å². The van der Waals surface area contributed by atoms with Crippen LogP contribution in [0.5, 0.6) is 0 Å². The summed E-state index contributed by atoms with van der Waals surface area (Å²) in [6.07, 6.45) is 2.83. The number of aryl methyl sites for hydroxylation is 1. The van der Waals surface area contributed by atoms with Gasteiger partial charge in [-0.25, -0.2) is 4.98 Å². The van der Waals surface area contributed by atoms with Crippen molar-refractivity contribution in [2.45, 2.75) is 13.0 Å². The average molecular weight is 444 g/mol. The molecule has 1 aliphatic rings. The van der Waals surface area contributed by atoms with Gasteiger partial charge in [0, 0.05) is 50.0 Å². The molecule has 10 heteroatoms. The van der Waals surface area contributed by atoms with Crippen LogP contribution in [0.3, 0.4) is 0 Å². The molecule has 1 saturated heterocycles. The average Bonchev–Trinajstić information content (AvgIpc) is 3.33. The van der Waals surface area contributed by atoms with Gasteiger partial charge < -0.3 is 19.6 Å². The summed E-state index contributed by atoms with van der Waals surface area (Å²) < 4.78 is 7.73. The fourth-order valence-electron chi connectivity index (χ4n) is 3.74. The number of aliphatic hydroxyl groups excluding tert-OH is 1. The number of morpholine rings is 1. The molecule has 3 aromatic rings.